The Bertz CT molecular complexity index is 503. The fraction of sp³-hybridized carbons (Fsp3) is 0.571. The van der Waals surface area contributed by atoms with Gasteiger partial charge in [0.2, 0.25) is 5.91 Å². The third-order valence-electron chi connectivity index (χ3n) is 3.24. The van der Waals surface area contributed by atoms with Crippen LogP contribution in [0.15, 0.2) is 12.3 Å². The van der Waals surface area contributed by atoms with Gasteiger partial charge in [-0.1, -0.05) is 0 Å². The molecule has 0 spiro atoms. The Kier molecular flexibility index (Phi) is 4.32. The maximum absolute atomic E-state index is 12.1. The SMILES string of the molecule is CC(C)n1cc(N)cc1C(=O)NCCC(=O)NC1CC1. The van der Waals surface area contributed by atoms with Gasteiger partial charge in [-0.05, 0) is 32.8 Å². The summed E-state index contributed by atoms with van der Waals surface area (Å²) < 4.78 is 1.83. The molecule has 2 rings (SSSR count). The van der Waals surface area contributed by atoms with Gasteiger partial charge in [-0.3, -0.25) is 9.59 Å². The number of anilines is 1. The fourth-order valence-electron chi connectivity index (χ4n) is 2.02. The fourth-order valence-corrected chi connectivity index (χ4v) is 2.02. The number of hydrogen-bond donors (Lipinski definition) is 3. The monoisotopic (exact) mass is 278 g/mol. The van der Waals surface area contributed by atoms with E-state index in [0.717, 1.165) is 12.8 Å². The van der Waals surface area contributed by atoms with Crippen LogP contribution in [0.1, 0.15) is 49.6 Å². The van der Waals surface area contributed by atoms with Gasteiger partial charge < -0.3 is 20.9 Å². The number of carbonyl (C=O) groups excluding carboxylic acids is 2. The lowest BCUT2D eigenvalue weighted by Gasteiger charge is -2.12. The summed E-state index contributed by atoms with van der Waals surface area (Å²) in [4.78, 5) is 23.6. The van der Waals surface area contributed by atoms with Crippen molar-refractivity contribution in [2.24, 2.45) is 0 Å². The minimum Gasteiger partial charge on any atom is -0.397 e. The molecule has 0 aromatic carbocycles. The van der Waals surface area contributed by atoms with Crippen molar-refractivity contribution in [1.29, 1.82) is 0 Å². The third-order valence-corrected chi connectivity index (χ3v) is 3.24. The highest BCUT2D eigenvalue weighted by atomic mass is 16.2. The number of nitrogens with zero attached hydrogens (tertiary/aromatic N) is 1. The molecule has 1 heterocycles. The van der Waals surface area contributed by atoms with Crippen molar-refractivity contribution in [3.63, 3.8) is 0 Å². The minimum absolute atomic E-state index is 0.00782. The first-order valence-corrected chi connectivity index (χ1v) is 7.02. The molecule has 0 bridgehead atoms. The summed E-state index contributed by atoms with van der Waals surface area (Å²) in [6.45, 7) is 4.30. The van der Waals surface area contributed by atoms with Crippen molar-refractivity contribution in [1.82, 2.24) is 15.2 Å². The predicted octanol–water partition coefficient (Wildman–Crippen LogP) is 1.05. The Morgan fingerprint density at radius 3 is 2.75 bits per heavy atom. The summed E-state index contributed by atoms with van der Waals surface area (Å²) in [5.41, 5.74) is 6.82. The number of nitrogen functional groups attached to an aromatic ring is 1. The van der Waals surface area contributed by atoms with Crippen LogP contribution in [0.25, 0.3) is 0 Å². The van der Waals surface area contributed by atoms with Gasteiger partial charge >= 0.3 is 0 Å². The Labute approximate surface area is 118 Å². The standard InChI is InChI=1S/C14H22N4O2/c1-9(2)18-8-10(15)7-12(18)14(20)16-6-5-13(19)17-11-3-4-11/h7-9,11H,3-6,15H2,1-2H3,(H,16,20)(H,17,19). The summed E-state index contributed by atoms with van der Waals surface area (Å²) in [7, 11) is 0. The van der Waals surface area contributed by atoms with E-state index in [4.69, 9.17) is 5.73 Å². The molecule has 110 valence electrons. The molecule has 20 heavy (non-hydrogen) atoms. The Morgan fingerprint density at radius 1 is 1.45 bits per heavy atom. The molecular weight excluding hydrogens is 256 g/mol. The molecular formula is C14H22N4O2. The van der Waals surface area contributed by atoms with E-state index in [1.165, 1.54) is 0 Å². The van der Waals surface area contributed by atoms with Crippen molar-refractivity contribution < 1.29 is 9.59 Å². The number of hydrogen-bond acceptors (Lipinski definition) is 3. The summed E-state index contributed by atoms with van der Waals surface area (Å²) in [5, 5.41) is 5.64. The third kappa shape index (κ3) is 3.76. The van der Waals surface area contributed by atoms with Gasteiger partial charge in [0.25, 0.3) is 5.91 Å². The first-order valence-electron chi connectivity index (χ1n) is 7.02. The van der Waals surface area contributed by atoms with Gasteiger partial charge in [-0.15, -0.1) is 0 Å². The Balaban J connectivity index is 1.83. The quantitative estimate of drug-likeness (QED) is 0.726. The largest absolute Gasteiger partial charge is 0.397 e. The van der Waals surface area contributed by atoms with Crippen LogP contribution in [0.2, 0.25) is 0 Å². The van der Waals surface area contributed by atoms with Crippen molar-refractivity contribution in [2.75, 3.05) is 12.3 Å². The smallest absolute Gasteiger partial charge is 0.268 e. The lowest BCUT2D eigenvalue weighted by molar-refractivity contribution is -0.121. The Hall–Kier alpha value is -1.98. The van der Waals surface area contributed by atoms with Crippen molar-refractivity contribution >= 4 is 17.5 Å². The molecule has 0 saturated heterocycles. The molecule has 0 unspecified atom stereocenters. The highest BCUT2D eigenvalue weighted by Gasteiger charge is 2.23. The van der Waals surface area contributed by atoms with Crippen LogP contribution < -0.4 is 16.4 Å². The maximum atomic E-state index is 12.1. The van der Waals surface area contributed by atoms with Crippen molar-refractivity contribution in [3.05, 3.63) is 18.0 Å². The number of amides is 2. The summed E-state index contributed by atoms with van der Waals surface area (Å²) >= 11 is 0. The zero-order valence-corrected chi connectivity index (χ0v) is 12.0. The molecule has 0 radical (unpaired) electrons. The van der Waals surface area contributed by atoms with E-state index in [1.807, 2.05) is 18.4 Å². The van der Waals surface area contributed by atoms with E-state index in [2.05, 4.69) is 10.6 Å². The van der Waals surface area contributed by atoms with Crippen LogP contribution in [0.3, 0.4) is 0 Å². The number of aromatic nitrogens is 1. The van der Waals surface area contributed by atoms with E-state index in [0.29, 0.717) is 30.4 Å². The number of carbonyl (C=O) groups is 2. The number of nitrogens with one attached hydrogen (secondary N) is 2. The molecule has 6 heteroatoms. The molecule has 1 fully saturated rings. The normalized spacial score (nSPS) is 14.3. The molecule has 1 aliphatic rings. The van der Waals surface area contributed by atoms with E-state index in [-0.39, 0.29) is 17.9 Å². The minimum atomic E-state index is -0.199. The van der Waals surface area contributed by atoms with E-state index in [9.17, 15) is 9.59 Å². The highest BCUT2D eigenvalue weighted by Crippen LogP contribution is 2.18. The lowest BCUT2D eigenvalue weighted by atomic mass is 10.3. The average Bonchev–Trinajstić information content (AvgIpc) is 3.08. The predicted molar refractivity (Wildman–Crippen MR) is 77.3 cm³/mol. The Morgan fingerprint density at radius 2 is 2.15 bits per heavy atom. The maximum Gasteiger partial charge on any atom is 0.268 e. The van der Waals surface area contributed by atoms with Gasteiger partial charge in [0.05, 0.1) is 5.69 Å². The van der Waals surface area contributed by atoms with Gasteiger partial charge in [-0.25, -0.2) is 0 Å². The lowest BCUT2D eigenvalue weighted by Crippen LogP contribution is -2.32. The van der Waals surface area contributed by atoms with Crippen LogP contribution >= 0.6 is 0 Å². The van der Waals surface area contributed by atoms with E-state index in [1.54, 1.807) is 12.3 Å². The second-order valence-electron chi connectivity index (χ2n) is 5.51. The molecule has 1 aromatic heterocycles. The average molecular weight is 278 g/mol. The summed E-state index contributed by atoms with van der Waals surface area (Å²) in [5.74, 6) is -0.207. The summed E-state index contributed by atoms with van der Waals surface area (Å²) in [6, 6.07) is 2.17. The van der Waals surface area contributed by atoms with Gasteiger partial charge in [0.15, 0.2) is 0 Å². The van der Waals surface area contributed by atoms with Crippen molar-refractivity contribution in [2.45, 2.75) is 45.2 Å². The number of rotatable bonds is 6. The molecule has 1 aromatic rings. The van der Waals surface area contributed by atoms with Gasteiger partial charge in [0, 0.05) is 31.2 Å². The van der Waals surface area contributed by atoms with Crippen LogP contribution in [-0.2, 0) is 4.79 Å². The highest BCUT2D eigenvalue weighted by molar-refractivity contribution is 5.94. The van der Waals surface area contributed by atoms with Gasteiger partial charge in [-0.2, -0.15) is 0 Å². The topological polar surface area (TPSA) is 89.2 Å². The molecule has 1 saturated carbocycles. The number of nitrogens with two attached hydrogens (primary N) is 1. The molecule has 6 nitrogen and oxygen atoms in total. The second-order valence-corrected chi connectivity index (χ2v) is 5.51. The van der Waals surface area contributed by atoms with Crippen molar-refractivity contribution in [3.8, 4) is 0 Å². The molecule has 0 aliphatic heterocycles. The zero-order chi connectivity index (χ0) is 14.7. The van der Waals surface area contributed by atoms with Crippen LogP contribution in [0.5, 0.6) is 0 Å². The van der Waals surface area contributed by atoms with E-state index >= 15 is 0 Å². The molecule has 4 N–H and O–H groups in total. The van der Waals surface area contributed by atoms with Crippen LogP contribution in [-0.4, -0.2) is 29.0 Å². The molecule has 2 amide bonds. The first-order chi connectivity index (χ1) is 9.47. The van der Waals surface area contributed by atoms with Crippen LogP contribution in [0.4, 0.5) is 5.69 Å². The first kappa shape index (κ1) is 14.4. The zero-order valence-electron chi connectivity index (χ0n) is 12.0. The van der Waals surface area contributed by atoms with E-state index < -0.39 is 0 Å². The molecule has 1 aliphatic carbocycles. The van der Waals surface area contributed by atoms with Gasteiger partial charge in [0.1, 0.15) is 5.69 Å². The second kappa shape index (κ2) is 5.98. The molecule has 0 atom stereocenters. The van der Waals surface area contributed by atoms with Crippen LogP contribution in [0, 0.1) is 0 Å². The summed E-state index contributed by atoms with van der Waals surface area (Å²) in [6.07, 6.45) is 4.19.